The van der Waals surface area contributed by atoms with Crippen LogP contribution in [0.1, 0.15) is 40.5 Å². The molecule has 160 valence electrons. The van der Waals surface area contributed by atoms with Gasteiger partial charge in [-0.25, -0.2) is 4.79 Å². The van der Waals surface area contributed by atoms with Crippen LogP contribution < -0.4 is 0 Å². The molecule has 0 spiro atoms. The Morgan fingerprint density at radius 2 is 1.56 bits per heavy atom. The first kappa shape index (κ1) is 26.0. The maximum Gasteiger partial charge on any atom is 0.333 e. The predicted octanol–water partition coefficient (Wildman–Crippen LogP) is 1.39. The van der Waals surface area contributed by atoms with Crippen LogP contribution in [0, 0.1) is 0 Å². The first-order chi connectivity index (χ1) is 12.3. The van der Waals surface area contributed by atoms with E-state index in [2.05, 4.69) is 0 Å². The van der Waals surface area contributed by atoms with E-state index in [0.717, 1.165) is 12.5 Å². The van der Waals surface area contributed by atoms with Crippen LogP contribution >= 0.6 is 0 Å². The van der Waals surface area contributed by atoms with Crippen molar-refractivity contribution in [1.82, 2.24) is 0 Å². The summed E-state index contributed by atoms with van der Waals surface area (Å²) in [6.45, 7) is 6.47. The van der Waals surface area contributed by atoms with Crippen molar-refractivity contribution in [3.8, 4) is 0 Å². The first-order valence-electron chi connectivity index (χ1n) is 8.56. The summed E-state index contributed by atoms with van der Waals surface area (Å²) < 4.78 is 66.4. The Labute approximate surface area is 162 Å². The highest BCUT2D eigenvalue weighted by atomic mass is 32.2. The highest BCUT2D eigenvalue weighted by Crippen LogP contribution is 2.18. The molecule has 27 heavy (non-hydrogen) atoms. The Kier molecular flexibility index (Phi) is 11.3. The minimum absolute atomic E-state index is 0.169. The van der Waals surface area contributed by atoms with Gasteiger partial charge in [0.25, 0.3) is 20.2 Å². The molecule has 0 N–H and O–H groups in total. The Morgan fingerprint density at radius 1 is 1.00 bits per heavy atom. The minimum Gasteiger partial charge on any atom is -0.463 e. The lowest BCUT2D eigenvalue weighted by Crippen LogP contribution is -2.39. The molecule has 0 rings (SSSR count). The Morgan fingerprint density at radius 3 is 1.96 bits per heavy atom. The molecule has 0 radical (unpaired) electrons. The van der Waals surface area contributed by atoms with Gasteiger partial charge in [0.2, 0.25) is 0 Å². The molecule has 9 nitrogen and oxygen atoms in total. The van der Waals surface area contributed by atoms with E-state index < -0.39 is 45.0 Å². The lowest BCUT2D eigenvalue weighted by molar-refractivity contribution is -0.138. The van der Waals surface area contributed by atoms with Crippen molar-refractivity contribution in [3.63, 3.8) is 0 Å². The summed E-state index contributed by atoms with van der Waals surface area (Å²) in [5, 5.41) is 0. The molecular weight excluding hydrogens is 400 g/mol. The van der Waals surface area contributed by atoms with Crippen LogP contribution in [0.2, 0.25) is 0 Å². The third-order valence-corrected chi connectivity index (χ3v) is 4.54. The first-order valence-corrected chi connectivity index (χ1v) is 12.2. The molecule has 2 unspecified atom stereocenters. The molecule has 0 saturated carbocycles. The van der Waals surface area contributed by atoms with Crippen molar-refractivity contribution < 1.29 is 39.5 Å². The predicted molar refractivity (Wildman–Crippen MR) is 100 cm³/mol. The molecule has 0 aromatic heterocycles. The quantitative estimate of drug-likeness (QED) is 0.242. The number of esters is 1. The summed E-state index contributed by atoms with van der Waals surface area (Å²) in [7, 11) is -7.80. The third-order valence-electron chi connectivity index (χ3n) is 3.38. The topological polar surface area (TPSA) is 122 Å². The Bertz CT molecular complexity index is 691. The summed E-state index contributed by atoms with van der Waals surface area (Å²) in [5.41, 5.74) is 0.175. The number of carbonyl (C=O) groups is 1. The average molecular weight is 431 g/mol. The van der Waals surface area contributed by atoms with Gasteiger partial charge in [-0.2, -0.15) is 16.8 Å². The van der Waals surface area contributed by atoms with Crippen molar-refractivity contribution in [2.45, 2.75) is 58.8 Å². The van der Waals surface area contributed by atoms with Crippen LogP contribution in [-0.2, 0) is 42.9 Å². The largest absolute Gasteiger partial charge is 0.463 e. The van der Waals surface area contributed by atoms with E-state index in [1.807, 2.05) is 13.8 Å². The van der Waals surface area contributed by atoms with E-state index in [9.17, 15) is 21.6 Å². The van der Waals surface area contributed by atoms with E-state index in [4.69, 9.17) is 17.8 Å². The van der Waals surface area contributed by atoms with E-state index in [1.54, 1.807) is 6.92 Å². The number of hydrogen-bond acceptors (Lipinski definition) is 9. The van der Waals surface area contributed by atoms with Crippen LogP contribution in [0.5, 0.6) is 0 Å². The Hall–Kier alpha value is -1.01. The number of ether oxygens (including phenoxy) is 2. The normalized spacial score (nSPS) is 15.6. The number of carbonyl (C=O) groups excluding carboxylic acids is 1. The van der Waals surface area contributed by atoms with Gasteiger partial charge in [0.1, 0.15) is 12.2 Å². The van der Waals surface area contributed by atoms with Gasteiger partial charge in [-0.15, -0.1) is 0 Å². The molecule has 2 atom stereocenters. The van der Waals surface area contributed by atoms with Crippen LogP contribution in [0.25, 0.3) is 0 Å². The molecule has 0 aromatic rings. The van der Waals surface area contributed by atoms with Gasteiger partial charge >= 0.3 is 5.97 Å². The van der Waals surface area contributed by atoms with Crippen molar-refractivity contribution >= 4 is 26.2 Å². The molecule has 0 aromatic carbocycles. The SMILES string of the molecule is CCOC(=O)C(C)=CC(OC(CC)CC)C(COS(C)(=O)=O)OS(C)(=O)=O. The zero-order valence-electron chi connectivity index (χ0n) is 16.6. The maximum atomic E-state index is 11.9. The summed E-state index contributed by atoms with van der Waals surface area (Å²) in [6, 6.07) is 0. The van der Waals surface area contributed by atoms with Crippen molar-refractivity contribution in [1.29, 1.82) is 0 Å². The molecule has 11 heteroatoms. The molecule has 0 saturated heterocycles. The van der Waals surface area contributed by atoms with Gasteiger partial charge in [0.05, 0.1) is 31.8 Å². The number of rotatable bonds is 13. The average Bonchev–Trinajstić information content (AvgIpc) is 2.53. The van der Waals surface area contributed by atoms with E-state index >= 15 is 0 Å². The fourth-order valence-electron chi connectivity index (χ4n) is 2.09. The molecule has 0 fully saturated rings. The standard InChI is InChI=1S/C16H30O9S2/c1-7-13(8-2)24-14(10-12(4)16(17)22-9-3)15(25-27(6,20)21)11-23-26(5,18)19/h10,13-15H,7-9,11H2,1-6H3. The number of hydrogen-bond donors (Lipinski definition) is 0. The summed E-state index contributed by atoms with van der Waals surface area (Å²) in [5.74, 6) is -0.599. The van der Waals surface area contributed by atoms with Gasteiger partial charge in [0.15, 0.2) is 0 Å². The van der Waals surface area contributed by atoms with Crippen molar-refractivity contribution in [3.05, 3.63) is 11.6 Å². The third kappa shape index (κ3) is 12.1. The van der Waals surface area contributed by atoms with E-state index in [1.165, 1.54) is 13.0 Å². The van der Waals surface area contributed by atoms with E-state index in [-0.39, 0.29) is 18.3 Å². The van der Waals surface area contributed by atoms with Crippen LogP contribution in [0.3, 0.4) is 0 Å². The van der Waals surface area contributed by atoms with Gasteiger partial charge in [0, 0.05) is 5.57 Å². The zero-order chi connectivity index (χ0) is 21.3. The molecular formula is C16H30O9S2. The monoisotopic (exact) mass is 430 g/mol. The molecule has 0 aliphatic carbocycles. The van der Waals surface area contributed by atoms with Crippen LogP contribution in [-0.4, -0.2) is 66.8 Å². The fourth-order valence-corrected chi connectivity index (χ4v) is 3.08. The molecule has 0 heterocycles. The molecule has 0 aliphatic rings. The van der Waals surface area contributed by atoms with E-state index in [0.29, 0.717) is 12.8 Å². The van der Waals surface area contributed by atoms with Gasteiger partial charge in [-0.3, -0.25) is 8.37 Å². The second-order valence-electron chi connectivity index (χ2n) is 5.94. The zero-order valence-corrected chi connectivity index (χ0v) is 18.3. The van der Waals surface area contributed by atoms with Gasteiger partial charge in [-0.05, 0) is 32.8 Å². The van der Waals surface area contributed by atoms with Crippen LogP contribution in [0.4, 0.5) is 0 Å². The summed E-state index contributed by atoms with van der Waals surface area (Å²) in [6.07, 6.45) is 1.66. The van der Waals surface area contributed by atoms with Crippen molar-refractivity contribution in [2.24, 2.45) is 0 Å². The van der Waals surface area contributed by atoms with Gasteiger partial charge in [-0.1, -0.05) is 13.8 Å². The molecule has 0 aliphatic heterocycles. The van der Waals surface area contributed by atoms with Gasteiger partial charge < -0.3 is 9.47 Å². The second kappa shape index (κ2) is 11.7. The highest BCUT2D eigenvalue weighted by molar-refractivity contribution is 7.86. The van der Waals surface area contributed by atoms with Crippen molar-refractivity contribution in [2.75, 3.05) is 25.7 Å². The molecule has 0 amide bonds. The molecule has 0 bridgehead atoms. The second-order valence-corrected chi connectivity index (χ2v) is 9.18. The summed E-state index contributed by atoms with van der Waals surface area (Å²) in [4.78, 5) is 11.9. The maximum absolute atomic E-state index is 11.9. The highest BCUT2D eigenvalue weighted by Gasteiger charge is 2.30. The summed E-state index contributed by atoms with van der Waals surface area (Å²) >= 11 is 0. The lowest BCUT2D eigenvalue weighted by Gasteiger charge is -2.27. The lowest BCUT2D eigenvalue weighted by atomic mass is 10.1. The minimum atomic E-state index is -3.95. The van der Waals surface area contributed by atoms with Crippen LogP contribution in [0.15, 0.2) is 11.6 Å². The fraction of sp³-hybridized carbons (Fsp3) is 0.812. The smallest absolute Gasteiger partial charge is 0.333 e. The Balaban J connectivity index is 5.84.